The maximum atomic E-state index is 13.7. The SMILES string of the molecule is CC=S(=O)(Nc1ccc2c(c1)c(C1CCN(C(=O)C3CCCC3)CC1)cn2C)c1ccccc1. The van der Waals surface area contributed by atoms with Gasteiger partial charge in [-0.2, -0.15) is 0 Å². The number of piperidine rings is 1. The molecule has 1 aliphatic carbocycles. The van der Waals surface area contributed by atoms with Crippen LogP contribution in [0.4, 0.5) is 5.69 Å². The number of aromatic nitrogens is 1. The van der Waals surface area contributed by atoms with Gasteiger partial charge in [0, 0.05) is 53.7 Å². The van der Waals surface area contributed by atoms with Gasteiger partial charge in [0.1, 0.15) is 0 Å². The summed E-state index contributed by atoms with van der Waals surface area (Å²) in [5.74, 6) is 1.08. The normalized spacial score (nSPS) is 19.3. The molecule has 2 heterocycles. The standard InChI is InChI=1S/C28H35N3O2S/c1-3-34(33,24-11-5-4-6-12-24)29-23-13-14-27-25(19-23)26(20-30(27)2)21-15-17-31(18-16-21)28(32)22-9-7-8-10-22/h3-6,11-14,19-22H,7-10,15-18H2,1-2H3,(H,29,33). The quantitative estimate of drug-likeness (QED) is 0.489. The molecule has 0 radical (unpaired) electrons. The van der Waals surface area contributed by atoms with E-state index in [4.69, 9.17) is 0 Å². The summed E-state index contributed by atoms with van der Waals surface area (Å²) in [5.41, 5.74) is 3.37. The Morgan fingerprint density at radius 1 is 1.03 bits per heavy atom. The Morgan fingerprint density at radius 2 is 1.74 bits per heavy atom. The summed E-state index contributed by atoms with van der Waals surface area (Å²) in [6.07, 6.45) is 8.78. The summed E-state index contributed by atoms with van der Waals surface area (Å²) < 4.78 is 19.2. The topological polar surface area (TPSA) is 54.3 Å². The number of likely N-dealkylation sites (tertiary alicyclic amines) is 1. The lowest BCUT2D eigenvalue weighted by Crippen LogP contribution is -2.40. The number of carbonyl (C=O) groups excluding carboxylic acids is 1. The Labute approximate surface area is 203 Å². The monoisotopic (exact) mass is 477 g/mol. The first kappa shape index (κ1) is 23.0. The highest BCUT2D eigenvalue weighted by molar-refractivity contribution is 8.02. The minimum absolute atomic E-state index is 0.262. The summed E-state index contributed by atoms with van der Waals surface area (Å²) in [4.78, 5) is 15.8. The Morgan fingerprint density at radius 3 is 2.41 bits per heavy atom. The molecular weight excluding hydrogens is 442 g/mol. The zero-order valence-electron chi connectivity index (χ0n) is 20.2. The van der Waals surface area contributed by atoms with Crippen LogP contribution in [0.15, 0.2) is 59.6 Å². The molecule has 180 valence electrons. The Balaban J connectivity index is 1.37. The van der Waals surface area contributed by atoms with Gasteiger partial charge in [-0.3, -0.25) is 4.79 Å². The fraction of sp³-hybridized carbons (Fsp3) is 0.429. The maximum absolute atomic E-state index is 13.7. The van der Waals surface area contributed by atoms with E-state index in [0.717, 1.165) is 49.4 Å². The molecule has 5 nitrogen and oxygen atoms in total. The average molecular weight is 478 g/mol. The molecule has 1 aromatic heterocycles. The second kappa shape index (κ2) is 9.49. The summed E-state index contributed by atoms with van der Waals surface area (Å²) in [7, 11) is -0.421. The van der Waals surface area contributed by atoms with Crippen molar-refractivity contribution in [3.8, 4) is 0 Å². The Bertz CT molecular complexity index is 1290. The van der Waals surface area contributed by atoms with Crippen LogP contribution in [-0.2, 0) is 21.5 Å². The predicted octanol–water partition coefficient (Wildman–Crippen LogP) is 5.57. The summed E-state index contributed by atoms with van der Waals surface area (Å²) in [6, 6.07) is 15.9. The van der Waals surface area contributed by atoms with Crippen molar-refractivity contribution in [2.45, 2.75) is 56.3 Å². The number of rotatable bonds is 5. The van der Waals surface area contributed by atoms with Gasteiger partial charge in [0.15, 0.2) is 0 Å². The second-order valence-electron chi connectivity index (χ2n) is 9.76. The van der Waals surface area contributed by atoms with Gasteiger partial charge < -0.3 is 14.2 Å². The van der Waals surface area contributed by atoms with E-state index in [2.05, 4.69) is 39.6 Å². The van der Waals surface area contributed by atoms with Crippen LogP contribution in [0, 0.1) is 5.92 Å². The van der Waals surface area contributed by atoms with E-state index in [0.29, 0.717) is 11.8 Å². The van der Waals surface area contributed by atoms with Crippen molar-refractivity contribution in [2.24, 2.45) is 13.0 Å². The number of amides is 1. The molecule has 1 N–H and O–H groups in total. The summed E-state index contributed by atoms with van der Waals surface area (Å²) in [6.45, 7) is 3.54. The molecular formula is C28H35N3O2S. The number of nitrogens with zero attached hydrogens (tertiary/aromatic N) is 2. The molecule has 6 heteroatoms. The van der Waals surface area contributed by atoms with Gasteiger partial charge in [-0.15, -0.1) is 0 Å². The molecule has 1 saturated heterocycles. The largest absolute Gasteiger partial charge is 0.350 e. The number of nitrogens with one attached hydrogen (secondary N) is 1. The van der Waals surface area contributed by atoms with Crippen molar-refractivity contribution in [1.29, 1.82) is 0 Å². The molecule has 1 unspecified atom stereocenters. The van der Waals surface area contributed by atoms with Crippen molar-refractivity contribution in [1.82, 2.24) is 9.47 Å². The molecule has 2 aromatic carbocycles. The van der Waals surface area contributed by atoms with Crippen molar-refractivity contribution >= 4 is 37.6 Å². The molecule has 1 aliphatic heterocycles. The lowest BCUT2D eigenvalue weighted by atomic mass is 9.88. The molecule has 1 saturated carbocycles. The first-order valence-electron chi connectivity index (χ1n) is 12.5. The van der Waals surface area contributed by atoms with Crippen molar-refractivity contribution in [3.63, 3.8) is 0 Å². The maximum Gasteiger partial charge on any atom is 0.225 e. The van der Waals surface area contributed by atoms with Gasteiger partial charge >= 0.3 is 0 Å². The third-order valence-corrected chi connectivity index (χ3v) is 9.84. The van der Waals surface area contributed by atoms with Gasteiger partial charge in [-0.1, -0.05) is 31.0 Å². The van der Waals surface area contributed by atoms with E-state index in [9.17, 15) is 9.00 Å². The van der Waals surface area contributed by atoms with Crippen molar-refractivity contribution < 1.29 is 9.00 Å². The number of carbonyl (C=O) groups is 1. The number of benzene rings is 2. The van der Waals surface area contributed by atoms with E-state index in [-0.39, 0.29) is 5.92 Å². The van der Waals surface area contributed by atoms with Crippen LogP contribution >= 0.6 is 0 Å². The zero-order valence-corrected chi connectivity index (χ0v) is 21.0. The lowest BCUT2D eigenvalue weighted by Gasteiger charge is -2.33. The van der Waals surface area contributed by atoms with Crippen LogP contribution in [0.5, 0.6) is 0 Å². The molecule has 5 rings (SSSR count). The zero-order chi connectivity index (χ0) is 23.7. The summed E-state index contributed by atoms with van der Waals surface area (Å²) >= 11 is 0. The van der Waals surface area contributed by atoms with Gasteiger partial charge in [-0.05, 0) is 79.8 Å². The average Bonchev–Trinajstić information content (AvgIpc) is 3.53. The van der Waals surface area contributed by atoms with Crippen LogP contribution in [0.3, 0.4) is 0 Å². The molecule has 0 bridgehead atoms. The van der Waals surface area contributed by atoms with Crippen LogP contribution in [0.2, 0.25) is 0 Å². The molecule has 2 fully saturated rings. The van der Waals surface area contributed by atoms with Gasteiger partial charge in [0.2, 0.25) is 5.91 Å². The first-order valence-corrected chi connectivity index (χ1v) is 14.1. The highest BCUT2D eigenvalue weighted by atomic mass is 32.2. The molecule has 3 aromatic rings. The van der Waals surface area contributed by atoms with E-state index < -0.39 is 9.71 Å². The predicted molar refractivity (Wildman–Crippen MR) is 142 cm³/mol. The highest BCUT2D eigenvalue weighted by Gasteiger charge is 2.31. The second-order valence-corrected chi connectivity index (χ2v) is 12.1. The lowest BCUT2D eigenvalue weighted by molar-refractivity contribution is -0.136. The van der Waals surface area contributed by atoms with E-state index in [1.807, 2.05) is 43.3 Å². The summed E-state index contributed by atoms with van der Waals surface area (Å²) in [5, 5.41) is 2.97. The third-order valence-electron chi connectivity index (χ3n) is 7.67. The molecule has 34 heavy (non-hydrogen) atoms. The van der Waals surface area contributed by atoms with Crippen LogP contribution in [-0.4, -0.2) is 38.0 Å². The van der Waals surface area contributed by atoms with Crippen LogP contribution in [0.1, 0.15) is 56.9 Å². The highest BCUT2D eigenvalue weighted by Crippen LogP contribution is 2.37. The molecule has 0 spiro atoms. The number of hydrogen-bond donors (Lipinski definition) is 1. The minimum atomic E-state index is -2.51. The Kier molecular flexibility index (Phi) is 6.43. The van der Waals surface area contributed by atoms with Gasteiger partial charge in [0.25, 0.3) is 0 Å². The van der Waals surface area contributed by atoms with Crippen molar-refractivity contribution in [3.05, 3.63) is 60.3 Å². The smallest absolute Gasteiger partial charge is 0.225 e. The third kappa shape index (κ3) is 4.36. The van der Waals surface area contributed by atoms with Crippen molar-refractivity contribution in [2.75, 3.05) is 17.8 Å². The molecule has 1 amide bonds. The number of anilines is 1. The molecule has 2 aliphatic rings. The van der Waals surface area contributed by atoms with Crippen LogP contribution < -0.4 is 4.72 Å². The molecule has 1 atom stereocenters. The fourth-order valence-electron chi connectivity index (χ4n) is 5.70. The van der Waals surface area contributed by atoms with Crippen LogP contribution in [0.25, 0.3) is 10.9 Å². The Hall–Kier alpha value is -2.73. The van der Waals surface area contributed by atoms with E-state index in [1.165, 1.54) is 29.3 Å². The minimum Gasteiger partial charge on any atom is -0.350 e. The van der Waals surface area contributed by atoms with Gasteiger partial charge in [-0.25, -0.2) is 4.21 Å². The first-order chi connectivity index (χ1) is 16.5. The van der Waals surface area contributed by atoms with E-state index in [1.54, 1.807) is 5.37 Å². The fourth-order valence-corrected chi connectivity index (χ4v) is 7.25. The van der Waals surface area contributed by atoms with E-state index >= 15 is 0 Å². The van der Waals surface area contributed by atoms with Gasteiger partial charge in [0.05, 0.1) is 9.71 Å². The number of aryl methyl sites for hydroxylation is 1. The number of hydrogen-bond acceptors (Lipinski definition) is 2. The number of fused-ring (bicyclic) bond motifs is 1.